The van der Waals surface area contributed by atoms with Crippen LogP contribution in [-0.2, 0) is 15.8 Å². The minimum atomic E-state index is -4.42. The van der Waals surface area contributed by atoms with E-state index in [-0.39, 0.29) is 6.54 Å². The molecule has 1 amide bonds. The van der Waals surface area contributed by atoms with Crippen molar-refractivity contribution in [1.29, 1.82) is 0 Å². The Morgan fingerprint density at radius 1 is 1.08 bits per heavy atom. The van der Waals surface area contributed by atoms with Crippen LogP contribution in [0.3, 0.4) is 0 Å². The van der Waals surface area contributed by atoms with Crippen LogP contribution in [0.1, 0.15) is 43.2 Å². The molecule has 1 aliphatic carbocycles. The maximum absolute atomic E-state index is 12.7. The van der Waals surface area contributed by atoms with Crippen LogP contribution in [-0.4, -0.2) is 39.8 Å². The fourth-order valence-electron chi connectivity index (χ4n) is 3.53. The maximum Gasteiger partial charge on any atom is 0.416 e. The second kappa shape index (κ2) is 6.16. The van der Waals surface area contributed by atoms with Gasteiger partial charge < -0.3 is 10.0 Å². The summed E-state index contributed by atoms with van der Waals surface area (Å²) in [6.45, 7) is -0.00347. The van der Waals surface area contributed by atoms with Crippen LogP contribution >= 0.6 is 0 Å². The van der Waals surface area contributed by atoms with Crippen molar-refractivity contribution in [2.75, 3.05) is 6.54 Å². The molecule has 0 saturated heterocycles. The van der Waals surface area contributed by atoms with Gasteiger partial charge in [0.2, 0.25) is 0 Å². The second-order valence-corrected chi connectivity index (χ2v) is 6.37. The standard InChI is InChI=1S/C17H17F3N2O3/c18-17(19,20)12-6-4-11(5-7-12)13-10-22(14(23)15(24)25)16(21-13)8-2-1-3-9-16/h4-7H,1-3,8-10H2,(H,24,25). The predicted molar refractivity (Wildman–Crippen MR) is 83.1 cm³/mol. The van der Waals surface area contributed by atoms with Gasteiger partial charge in [0.05, 0.1) is 17.8 Å². The number of carbonyl (C=O) groups excluding carboxylic acids is 1. The first-order chi connectivity index (χ1) is 11.7. The van der Waals surface area contributed by atoms with E-state index in [4.69, 9.17) is 5.11 Å². The Labute approximate surface area is 142 Å². The molecule has 1 aromatic carbocycles. The summed E-state index contributed by atoms with van der Waals surface area (Å²) in [6, 6.07) is 4.56. The molecule has 2 aliphatic rings. The fraction of sp³-hybridized carbons (Fsp3) is 0.471. The van der Waals surface area contributed by atoms with Gasteiger partial charge in [-0.3, -0.25) is 9.79 Å². The van der Waals surface area contributed by atoms with E-state index in [1.54, 1.807) is 0 Å². The number of hydrogen-bond donors (Lipinski definition) is 1. The van der Waals surface area contributed by atoms with Crippen LogP contribution in [0, 0.1) is 0 Å². The Balaban J connectivity index is 1.93. The molecule has 1 aliphatic heterocycles. The highest BCUT2D eigenvalue weighted by atomic mass is 19.4. The molecule has 0 aromatic heterocycles. The number of carbonyl (C=O) groups is 2. The van der Waals surface area contributed by atoms with Crippen molar-refractivity contribution in [3.8, 4) is 0 Å². The third kappa shape index (κ3) is 3.25. The van der Waals surface area contributed by atoms with Gasteiger partial charge in [-0.1, -0.05) is 18.6 Å². The molecule has 1 fully saturated rings. The first-order valence-corrected chi connectivity index (χ1v) is 8.04. The van der Waals surface area contributed by atoms with E-state index in [0.29, 0.717) is 24.1 Å². The lowest BCUT2D eigenvalue weighted by molar-refractivity contribution is -0.159. The summed E-state index contributed by atoms with van der Waals surface area (Å²) in [5.41, 5.74) is -0.726. The molecule has 0 bridgehead atoms. The molecule has 3 rings (SSSR count). The number of alkyl halides is 3. The Morgan fingerprint density at radius 3 is 2.20 bits per heavy atom. The summed E-state index contributed by atoms with van der Waals surface area (Å²) in [5.74, 6) is -2.57. The first kappa shape index (κ1) is 17.4. The topological polar surface area (TPSA) is 70.0 Å². The lowest BCUT2D eigenvalue weighted by atomic mass is 9.88. The van der Waals surface area contributed by atoms with Gasteiger partial charge in [-0.15, -0.1) is 0 Å². The van der Waals surface area contributed by atoms with Crippen LogP contribution in [0.15, 0.2) is 29.3 Å². The highest BCUT2D eigenvalue weighted by Crippen LogP contribution is 2.39. The van der Waals surface area contributed by atoms with Crippen molar-refractivity contribution in [2.24, 2.45) is 4.99 Å². The zero-order chi connectivity index (χ0) is 18.2. The van der Waals surface area contributed by atoms with Gasteiger partial charge in [0.1, 0.15) is 5.66 Å². The molecule has 134 valence electrons. The van der Waals surface area contributed by atoms with Gasteiger partial charge in [0.15, 0.2) is 0 Å². The zero-order valence-corrected chi connectivity index (χ0v) is 13.3. The molecule has 1 aromatic rings. The number of carboxylic acids is 1. The average molecular weight is 354 g/mol. The summed E-state index contributed by atoms with van der Waals surface area (Å²) in [6.07, 6.45) is -0.652. The third-order valence-electron chi connectivity index (χ3n) is 4.78. The second-order valence-electron chi connectivity index (χ2n) is 6.37. The van der Waals surface area contributed by atoms with Crippen molar-refractivity contribution >= 4 is 17.6 Å². The summed E-state index contributed by atoms with van der Waals surface area (Å²) in [5, 5.41) is 9.07. The lowest BCUT2D eigenvalue weighted by Gasteiger charge is -2.38. The van der Waals surface area contributed by atoms with Crippen molar-refractivity contribution in [3.05, 3.63) is 35.4 Å². The number of halogens is 3. The highest BCUT2D eigenvalue weighted by molar-refractivity contribution is 6.32. The van der Waals surface area contributed by atoms with E-state index >= 15 is 0 Å². The highest BCUT2D eigenvalue weighted by Gasteiger charge is 2.47. The number of nitrogens with zero attached hydrogens (tertiary/aromatic N) is 2. The molecule has 1 N–H and O–H groups in total. The van der Waals surface area contributed by atoms with Crippen molar-refractivity contribution in [1.82, 2.24) is 4.90 Å². The predicted octanol–water partition coefficient (Wildman–Crippen LogP) is 3.08. The average Bonchev–Trinajstić information content (AvgIpc) is 2.92. The molecular formula is C17H17F3N2O3. The molecular weight excluding hydrogens is 337 g/mol. The van der Waals surface area contributed by atoms with Gasteiger partial charge in [-0.05, 0) is 43.4 Å². The fourth-order valence-corrected chi connectivity index (χ4v) is 3.53. The van der Waals surface area contributed by atoms with E-state index < -0.39 is 29.3 Å². The Bertz CT molecular complexity index is 720. The summed E-state index contributed by atoms with van der Waals surface area (Å²) in [7, 11) is 0. The molecule has 0 atom stereocenters. The smallest absolute Gasteiger partial charge is 0.416 e. The van der Waals surface area contributed by atoms with Crippen LogP contribution < -0.4 is 0 Å². The number of rotatable bonds is 1. The molecule has 1 heterocycles. The molecule has 1 spiro atoms. The monoisotopic (exact) mass is 354 g/mol. The SMILES string of the molecule is O=C(O)C(=O)N1CC(c2ccc(C(F)(F)F)cc2)=NC12CCCCC2. The van der Waals surface area contributed by atoms with Gasteiger partial charge >= 0.3 is 18.1 Å². The molecule has 25 heavy (non-hydrogen) atoms. The summed E-state index contributed by atoms with van der Waals surface area (Å²) < 4.78 is 38.1. The number of aliphatic carboxylic acids is 1. The number of hydrogen-bond acceptors (Lipinski definition) is 3. The molecule has 0 radical (unpaired) electrons. The first-order valence-electron chi connectivity index (χ1n) is 8.04. The van der Waals surface area contributed by atoms with E-state index in [1.165, 1.54) is 17.0 Å². The van der Waals surface area contributed by atoms with E-state index in [9.17, 15) is 22.8 Å². The lowest BCUT2D eigenvalue weighted by Crippen LogP contribution is -2.51. The van der Waals surface area contributed by atoms with Gasteiger partial charge in [-0.2, -0.15) is 13.2 Å². The molecule has 0 unspecified atom stereocenters. The number of amides is 1. The summed E-state index contributed by atoms with van der Waals surface area (Å²) >= 11 is 0. The maximum atomic E-state index is 12.7. The zero-order valence-electron chi connectivity index (χ0n) is 13.3. The Hall–Kier alpha value is -2.38. The number of carboxylic acid groups (broad SMARTS) is 1. The number of aliphatic imine (C=N–C) groups is 1. The molecule has 5 nitrogen and oxygen atoms in total. The van der Waals surface area contributed by atoms with Crippen LogP contribution in [0.2, 0.25) is 0 Å². The van der Waals surface area contributed by atoms with Crippen molar-refractivity contribution in [3.63, 3.8) is 0 Å². The molecule has 8 heteroatoms. The normalized spacial score (nSPS) is 19.8. The van der Waals surface area contributed by atoms with Crippen molar-refractivity contribution < 1.29 is 27.9 Å². The molecule has 1 saturated carbocycles. The van der Waals surface area contributed by atoms with Crippen LogP contribution in [0.5, 0.6) is 0 Å². The summed E-state index contributed by atoms with van der Waals surface area (Å²) in [4.78, 5) is 29.1. The van der Waals surface area contributed by atoms with E-state index in [2.05, 4.69) is 4.99 Å². The van der Waals surface area contributed by atoms with Crippen molar-refractivity contribution in [2.45, 2.75) is 43.9 Å². The number of benzene rings is 1. The largest absolute Gasteiger partial charge is 0.474 e. The quantitative estimate of drug-likeness (QED) is 0.788. The third-order valence-corrected chi connectivity index (χ3v) is 4.78. The minimum absolute atomic E-state index is 0.00347. The van der Waals surface area contributed by atoms with Gasteiger partial charge in [-0.25, -0.2) is 4.79 Å². The van der Waals surface area contributed by atoms with E-state index in [0.717, 1.165) is 31.4 Å². The van der Waals surface area contributed by atoms with Gasteiger partial charge in [0, 0.05) is 0 Å². The van der Waals surface area contributed by atoms with Gasteiger partial charge in [0.25, 0.3) is 0 Å². The van der Waals surface area contributed by atoms with E-state index in [1.807, 2.05) is 0 Å². The minimum Gasteiger partial charge on any atom is -0.474 e. The Morgan fingerprint density at radius 2 is 1.68 bits per heavy atom. The Kier molecular flexibility index (Phi) is 4.30. The van der Waals surface area contributed by atoms with Crippen LogP contribution in [0.25, 0.3) is 0 Å². The van der Waals surface area contributed by atoms with Crippen LogP contribution in [0.4, 0.5) is 13.2 Å².